The van der Waals surface area contributed by atoms with E-state index in [1.54, 1.807) is 21.8 Å². The molecule has 0 unspecified atom stereocenters. The van der Waals surface area contributed by atoms with Crippen LogP contribution in [0.15, 0.2) is 38.5 Å². The zero-order chi connectivity index (χ0) is 17.0. The van der Waals surface area contributed by atoms with Gasteiger partial charge < -0.3 is 9.84 Å². The first kappa shape index (κ1) is 17.1. The Kier molecular flexibility index (Phi) is 5.32. The average molecular weight is 369 g/mol. The summed E-state index contributed by atoms with van der Waals surface area (Å²) < 4.78 is 32.3. The number of carbonyl (C=O) groups is 1. The van der Waals surface area contributed by atoms with Gasteiger partial charge in [0.15, 0.2) is 0 Å². The van der Waals surface area contributed by atoms with E-state index in [2.05, 4.69) is 10.5 Å². The van der Waals surface area contributed by atoms with Gasteiger partial charge in [0.25, 0.3) is 15.9 Å². The van der Waals surface area contributed by atoms with E-state index in [9.17, 15) is 13.2 Å². The van der Waals surface area contributed by atoms with Gasteiger partial charge in [-0.05, 0) is 30.7 Å². The lowest BCUT2D eigenvalue weighted by Crippen LogP contribution is -2.44. The van der Waals surface area contributed by atoms with Crippen LogP contribution in [0.1, 0.15) is 36.2 Å². The Hall–Kier alpha value is -1.71. The smallest absolute Gasteiger partial charge is 0.289 e. The van der Waals surface area contributed by atoms with Gasteiger partial charge in [0.1, 0.15) is 4.21 Å². The minimum Gasteiger partial charge on any atom is -0.351 e. The van der Waals surface area contributed by atoms with Crippen LogP contribution in [0.25, 0.3) is 0 Å². The van der Waals surface area contributed by atoms with Gasteiger partial charge in [0.2, 0.25) is 5.76 Å². The third-order valence-corrected chi connectivity index (χ3v) is 7.38. The second-order valence-corrected chi connectivity index (χ2v) is 8.68. The van der Waals surface area contributed by atoms with Crippen LogP contribution in [-0.4, -0.2) is 42.9 Å². The zero-order valence-electron chi connectivity index (χ0n) is 13.1. The van der Waals surface area contributed by atoms with Gasteiger partial charge >= 0.3 is 0 Å². The molecule has 1 atom stereocenters. The molecule has 1 aliphatic heterocycles. The molecule has 3 rings (SSSR count). The standard InChI is InChI=1S/C15H19N3O4S2/c19-15(13-7-9-17-22-13)16-8-6-12-4-1-2-10-18(12)24(20,21)14-5-3-11-23-14/h3,5,7,9,11-12H,1-2,4,6,8,10H2,(H,16,19)/t12-/m1/s1. The first-order chi connectivity index (χ1) is 11.6. The van der Waals surface area contributed by atoms with Crippen LogP contribution < -0.4 is 5.32 Å². The highest BCUT2D eigenvalue weighted by molar-refractivity contribution is 7.91. The van der Waals surface area contributed by atoms with Gasteiger partial charge in [-0.25, -0.2) is 8.42 Å². The molecule has 0 aliphatic carbocycles. The maximum absolute atomic E-state index is 12.8. The third kappa shape index (κ3) is 3.68. The van der Waals surface area contributed by atoms with E-state index < -0.39 is 10.0 Å². The number of rotatable bonds is 6. The Balaban J connectivity index is 1.62. The van der Waals surface area contributed by atoms with E-state index in [4.69, 9.17) is 4.52 Å². The minimum absolute atomic E-state index is 0.0964. The summed E-state index contributed by atoms with van der Waals surface area (Å²) >= 11 is 1.23. The molecule has 130 valence electrons. The summed E-state index contributed by atoms with van der Waals surface area (Å²) in [5.74, 6) is -0.183. The number of nitrogens with zero attached hydrogens (tertiary/aromatic N) is 2. The number of piperidine rings is 1. The summed E-state index contributed by atoms with van der Waals surface area (Å²) in [5.41, 5.74) is 0. The monoisotopic (exact) mass is 369 g/mol. The van der Waals surface area contributed by atoms with Gasteiger partial charge in [-0.3, -0.25) is 4.79 Å². The van der Waals surface area contributed by atoms with Crippen molar-refractivity contribution in [2.24, 2.45) is 0 Å². The highest BCUT2D eigenvalue weighted by Gasteiger charge is 2.33. The topological polar surface area (TPSA) is 92.5 Å². The lowest BCUT2D eigenvalue weighted by atomic mass is 10.0. The Morgan fingerprint density at radius 3 is 3.00 bits per heavy atom. The highest BCUT2D eigenvalue weighted by atomic mass is 32.2. The number of carbonyl (C=O) groups excluding carboxylic acids is 1. The van der Waals surface area contributed by atoms with E-state index in [1.165, 1.54) is 23.6 Å². The van der Waals surface area contributed by atoms with Crippen molar-refractivity contribution in [3.8, 4) is 0 Å². The molecule has 0 aromatic carbocycles. The van der Waals surface area contributed by atoms with E-state index in [0.29, 0.717) is 23.7 Å². The minimum atomic E-state index is -3.45. The molecule has 0 bridgehead atoms. The second-order valence-electron chi connectivity index (χ2n) is 5.62. The maximum atomic E-state index is 12.8. The molecule has 0 spiro atoms. The molecule has 0 saturated carbocycles. The molecule has 2 aromatic heterocycles. The fraction of sp³-hybridized carbons (Fsp3) is 0.467. The summed E-state index contributed by atoms with van der Waals surface area (Å²) in [6, 6.07) is 4.77. The molecule has 1 amide bonds. The molecule has 9 heteroatoms. The normalized spacial score (nSPS) is 19.2. The van der Waals surface area contributed by atoms with E-state index >= 15 is 0 Å². The molecule has 2 aromatic rings. The maximum Gasteiger partial charge on any atom is 0.289 e. The number of aromatic nitrogens is 1. The number of hydrogen-bond donors (Lipinski definition) is 1. The Morgan fingerprint density at radius 2 is 2.29 bits per heavy atom. The Bertz CT molecular complexity index is 757. The predicted octanol–water partition coefficient (Wildman–Crippen LogP) is 2.10. The van der Waals surface area contributed by atoms with Gasteiger partial charge in [0.05, 0.1) is 6.20 Å². The summed E-state index contributed by atoms with van der Waals surface area (Å²) in [6.45, 7) is 0.918. The van der Waals surface area contributed by atoms with Crippen molar-refractivity contribution in [1.29, 1.82) is 0 Å². The second kappa shape index (κ2) is 7.45. The van der Waals surface area contributed by atoms with Gasteiger partial charge in [0, 0.05) is 25.2 Å². The predicted molar refractivity (Wildman–Crippen MR) is 89.3 cm³/mol. The molecule has 1 aliphatic rings. The van der Waals surface area contributed by atoms with Gasteiger partial charge in [-0.15, -0.1) is 11.3 Å². The van der Waals surface area contributed by atoms with Crippen LogP contribution in [0, 0.1) is 0 Å². The number of thiophene rings is 1. The van der Waals surface area contributed by atoms with Crippen molar-refractivity contribution >= 4 is 27.3 Å². The van der Waals surface area contributed by atoms with Gasteiger partial charge in [-0.1, -0.05) is 17.6 Å². The Labute approximate surface area is 144 Å². The lowest BCUT2D eigenvalue weighted by molar-refractivity contribution is 0.0912. The van der Waals surface area contributed by atoms with Crippen molar-refractivity contribution in [1.82, 2.24) is 14.8 Å². The van der Waals surface area contributed by atoms with Crippen LogP contribution in [0.2, 0.25) is 0 Å². The first-order valence-corrected chi connectivity index (χ1v) is 10.2. The van der Waals surface area contributed by atoms with Crippen LogP contribution in [-0.2, 0) is 10.0 Å². The zero-order valence-corrected chi connectivity index (χ0v) is 14.7. The van der Waals surface area contributed by atoms with E-state index in [1.807, 2.05) is 0 Å². The Morgan fingerprint density at radius 1 is 1.42 bits per heavy atom. The van der Waals surface area contributed by atoms with Crippen LogP contribution in [0.3, 0.4) is 0 Å². The molecule has 1 saturated heterocycles. The third-order valence-electron chi connectivity index (χ3n) is 4.06. The molecular weight excluding hydrogens is 350 g/mol. The summed E-state index contributed by atoms with van der Waals surface area (Å²) in [7, 11) is -3.45. The number of amides is 1. The van der Waals surface area contributed by atoms with Crippen molar-refractivity contribution in [3.63, 3.8) is 0 Å². The van der Waals surface area contributed by atoms with E-state index in [-0.39, 0.29) is 17.7 Å². The summed E-state index contributed by atoms with van der Waals surface area (Å²) in [5, 5.41) is 8.01. The lowest BCUT2D eigenvalue weighted by Gasteiger charge is -2.34. The SMILES string of the molecule is O=C(NCC[C@H]1CCCCN1S(=O)(=O)c1cccs1)c1ccno1. The molecular formula is C15H19N3O4S2. The number of hydrogen-bond acceptors (Lipinski definition) is 6. The number of sulfonamides is 1. The summed E-state index contributed by atoms with van der Waals surface area (Å²) in [4.78, 5) is 11.8. The largest absolute Gasteiger partial charge is 0.351 e. The van der Waals surface area contributed by atoms with E-state index in [0.717, 1.165) is 19.3 Å². The van der Waals surface area contributed by atoms with Crippen molar-refractivity contribution in [2.45, 2.75) is 35.9 Å². The van der Waals surface area contributed by atoms with Crippen molar-refractivity contribution in [2.75, 3.05) is 13.1 Å². The fourth-order valence-electron chi connectivity index (χ4n) is 2.88. The van der Waals surface area contributed by atoms with Crippen LogP contribution >= 0.6 is 11.3 Å². The quantitative estimate of drug-likeness (QED) is 0.842. The molecule has 1 fully saturated rings. The molecule has 1 N–H and O–H groups in total. The average Bonchev–Trinajstić information content (AvgIpc) is 3.29. The first-order valence-electron chi connectivity index (χ1n) is 7.83. The van der Waals surface area contributed by atoms with Crippen molar-refractivity contribution in [3.05, 3.63) is 35.5 Å². The van der Waals surface area contributed by atoms with Crippen LogP contribution in [0.5, 0.6) is 0 Å². The summed E-state index contributed by atoms with van der Waals surface area (Å²) in [6.07, 6.45) is 4.65. The molecule has 7 nitrogen and oxygen atoms in total. The molecule has 24 heavy (non-hydrogen) atoms. The van der Waals surface area contributed by atoms with Crippen molar-refractivity contribution < 1.29 is 17.7 Å². The molecule has 3 heterocycles. The fourth-order valence-corrected chi connectivity index (χ4v) is 5.72. The highest BCUT2D eigenvalue weighted by Crippen LogP contribution is 2.29. The number of nitrogens with one attached hydrogen (secondary N) is 1. The van der Waals surface area contributed by atoms with Gasteiger partial charge in [-0.2, -0.15) is 4.31 Å². The molecule has 0 radical (unpaired) electrons. The van der Waals surface area contributed by atoms with Crippen LogP contribution in [0.4, 0.5) is 0 Å².